The molecule has 1 unspecified atom stereocenters. The molecule has 4 rings (SSSR count). The number of nitrogens with zero attached hydrogens (tertiary/aromatic N) is 2. The first-order valence-corrected chi connectivity index (χ1v) is 10.8. The van der Waals surface area contributed by atoms with Gasteiger partial charge in [-0.3, -0.25) is 0 Å². The Hall–Kier alpha value is -2.79. The molecule has 1 atom stereocenters. The lowest BCUT2D eigenvalue weighted by molar-refractivity contribution is 0.102. The first kappa shape index (κ1) is 20.5. The van der Waals surface area contributed by atoms with Gasteiger partial charge in [-0.2, -0.15) is 0 Å². The van der Waals surface area contributed by atoms with Gasteiger partial charge in [0.2, 0.25) is 0 Å². The molecule has 1 aliphatic rings. The molecule has 30 heavy (non-hydrogen) atoms. The molecule has 1 aliphatic heterocycles. The zero-order chi connectivity index (χ0) is 20.8. The third kappa shape index (κ3) is 4.51. The Labute approximate surface area is 178 Å². The summed E-state index contributed by atoms with van der Waals surface area (Å²) in [6.45, 7) is 4.40. The van der Waals surface area contributed by atoms with Crippen LogP contribution in [0, 0.1) is 0 Å². The Morgan fingerprint density at radius 2 is 2.07 bits per heavy atom. The van der Waals surface area contributed by atoms with Gasteiger partial charge >= 0.3 is 0 Å². The minimum Gasteiger partial charge on any atom is -0.493 e. The first-order chi connectivity index (χ1) is 14.8. The third-order valence-electron chi connectivity index (χ3n) is 5.48. The van der Waals surface area contributed by atoms with Gasteiger partial charge in [0.1, 0.15) is 11.9 Å². The van der Waals surface area contributed by atoms with E-state index in [9.17, 15) is 0 Å². The Morgan fingerprint density at radius 1 is 1.17 bits per heavy atom. The molecule has 0 radical (unpaired) electrons. The molecule has 1 aromatic heterocycles. The highest BCUT2D eigenvalue weighted by molar-refractivity contribution is 5.76. The number of allylic oxidation sites excluding steroid dienone is 1. The predicted octanol–water partition coefficient (Wildman–Crippen LogP) is 5.79. The van der Waals surface area contributed by atoms with Crippen molar-refractivity contribution in [3.05, 3.63) is 59.9 Å². The fourth-order valence-electron chi connectivity index (χ4n) is 4.01. The first-order valence-electron chi connectivity index (χ1n) is 10.8. The number of ether oxygens (including phenoxy) is 3. The maximum atomic E-state index is 6.00. The van der Waals surface area contributed by atoms with Crippen LogP contribution in [0.4, 0.5) is 0 Å². The summed E-state index contributed by atoms with van der Waals surface area (Å²) in [6, 6.07) is 14.4. The molecule has 2 aromatic carbocycles. The molecule has 5 nitrogen and oxygen atoms in total. The van der Waals surface area contributed by atoms with Crippen molar-refractivity contribution in [2.24, 2.45) is 0 Å². The van der Waals surface area contributed by atoms with Gasteiger partial charge in [0.15, 0.2) is 11.5 Å². The number of aromatic nitrogens is 2. The molecule has 158 valence electrons. The van der Waals surface area contributed by atoms with E-state index in [0.717, 1.165) is 67.2 Å². The van der Waals surface area contributed by atoms with Crippen LogP contribution in [0.25, 0.3) is 17.1 Å². The number of fused-ring (bicyclic) bond motifs is 1. The quantitative estimate of drug-likeness (QED) is 0.422. The second-order valence-electron chi connectivity index (χ2n) is 7.58. The SMILES string of the molecule is C/C=C/c1ccc(OCCCCn2c(C3CCCO3)nc3ccccc32)c(OC)c1. The number of unbranched alkanes of at least 4 members (excludes halogenated alkanes) is 1. The van der Waals surface area contributed by atoms with Gasteiger partial charge in [-0.1, -0.05) is 30.4 Å². The van der Waals surface area contributed by atoms with Crippen molar-refractivity contribution in [1.82, 2.24) is 9.55 Å². The van der Waals surface area contributed by atoms with Crippen LogP contribution in [0.15, 0.2) is 48.5 Å². The van der Waals surface area contributed by atoms with Gasteiger partial charge in [0.05, 0.1) is 24.8 Å². The van der Waals surface area contributed by atoms with Gasteiger partial charge in [-0.25, -0.2) is 4.98 Å². The number of para-hydroxylation sites is 2. The van der Waals surface area contributed by atoms with Gasteiger partial charge in [-0.15, -0.1) is 0 Å². The molecule has 0 bridgehead atoms. The Morgan fingerprint density at radius 3 is 2.87 bits per heavy atom. The average Bonchev–Trinajstić information content (AvgIpc) is 3.42. The maximum absolute atomic E-state index is 6.00. The minimum atomic E-state index is 0.119. The smallest absolute Gasteiger partial charge is 0.161 e. The van der Waals surface area contributed by atoms with Crippen LogP contribution in [-0.4, -0.2) is 29.9 Å². The molecular formula is C25H30N2O3. The Bertz CT molecular complexity index is 1000. The number of benzene rings is 2. The molecule has 1 fully saturated rings. The number of aryl methyl sites for hydroxylation is 1. The Balaban J connectivity index is 1.37. The zero-order valence-corrected chi connectivity index (χ0v) is 17.8. The van der Waals surface area contributed by atoms with Gasteiger partial charge in [0.25, 0.3) is 0 Å². The van der Waals surface area contributed by atoms with Gasteiger partial charge in [0, 0.05) is 13.2 Å². The maximum Gasteiger partial charge on any atom is 0.161 e. The number of hydrogen-bond donors (Lipinski definition) is 0. The minimum absolute atomic E-state index is 0.119. The van der Waals surface area contributed by atoms with E-state index >= 15 is 0 Å². The van der Waals surface area contributed by atoms with E-state index in [0.29, 0.717) is 6.61 Å². The number of hydrogen-bond acceptors (Lipinski definition) is 4. The number of methoxy groups -OCH3 is 1. The summed E-state index contributed by atoms with van der Waals surface area (Å²) < 4.78 is 19.7. The third-order valence-corrected chi connectivity index (χ3v) is 5.48. The summed E-state index contributed by atoms with van der Waals surface area (Å²) in [6.07, 6.45) is 8.31. The van der Waals surface area contributed by atoms with E-state index in [1.165, 1.54) is 5.52 Å². The largest absolute Gasteiger partial charge is 0.493 e. The highest BCUT2D eigenvalue weighted by Crippen LogP contribution is 2.31. The lowest BCUT2D eigenvalue weighted by Gasteiger charge is -2.14. The molecule has 3 aromatic rings. The normalized spacial score (nSPS) is 16.5. The van der Waals surface area contributed by atoms with E-state index < -0.39 is 0 Å². The topological polar surface area (TPSA) is 45.5 Å². The van der Waals surface area contributed by atoms with Crippen LogP contribution in [0.2, 0.25) is 0 Å². The fraction of sp³-hybridized carbons (Fsp3) is 0.400. The van der Waals surface area contributed by atoms with Crippen molar-refractivity contribution >= 4 is 17.1 Å². The second kappa shape index (κ2) is 9.81. The molecule has 0 aliphatic carbocycles. The molecule has 0 spiro atoms. The molecule has 0 amide bonds. The fourth-order valence-corrected chi connectivity index (χ4v) is 4.01. The number of rotatable bonds is 9. The van der Waals surface area contributed by atoms with Crippen LogP contribution in [0.5, 0.6) is 11.5 Å². The Kier molecular flexibility index (Phi) is 6.70. The molecule has 2 heterocycles. The van der Waals surface area contributed by atoms with Crippen molar-refractivity contribution in [2.45, 2.75) is 45.3 Å². The molecule has 1 saturated heterocycles. The highest BCUT2D eigenvalue weighted by atomic mass is 16.5. The summed E-state index contributed by atoms with van der Waals surface area (Å²) in [5.41, 5.74) is 3.34. The standard InChI is InChI=1S/C25H30N2O3/c1-3-9-19-13-14-22(24(18-19)28-2)29-16-7-6-15-27-21-11-5-4-10-20(21)26-25(27)23-12-8-17-30-23/h3-5,9-11,13-14,18,23H,6-8,12,15-17H2,1-2H3/b9-3+. The lowest BCUT2D eigenvalue weighted by Crippen LogP contribution is -2.10. The van der Waals surface area contributed by atoms with E-state index in [2.05, 4.69) is 22.8 Å². The van der Waals surface area contributed by atoms with Crippen molar-refractivity contribution in [1.29, 1.82) is 0 Å². The van der Waals surface area contributed by atoms with E-state index in [1.54, 1.807) is 7.11 Å². The number of imidazole rings is 1. The van der Waals surface area contributed by atoms with Crippen LogP contribution >= 0.6 is 0 Å². The predicted molar refractivity (Wildman–Crippen MR) is 120 cm³/mol. The van der Waals surface area contributed by atoms with Crippen LogP contribution in [-0.2, 0) is 11.3 Å². The van der Waals surface area contributed by atoms with Crippen molar-refractivity contribution < 1.29 is 14.2 Å². The summed E-state index contributed by atoms with van der Waals surface area (Å²) in [5.74, 6) is 2.63. The second-order valence-corrected chi connectivity index (χ2v) is 7.58. The lowest BCUT2D eigenvalue weighted by atomic mass is 10.2. The van der Waals surface area contributed by atoms with E-state index in [-0.39, 0.29) is 6.10 Å². The average molecular weight is 407 g/mol. The summed E-state index contributed by atoms with van der Waals surface area (Å²) in [5, 5.41) is 0. The van der Waals surface area contributed by atoms with Gasteiger partial charge in [-0.05, 0) is 62.4 Å². The highest BCUT2D eigenvalue weighted by Gasteiger charge is 2.24. The van der Waals surface area contributed by atoms with Gasteiger partial charge < -0.3 is 18.8 Å². The summed E-state index contributed by atoms with van der Waals surface area (Å²) in [4.78, 5) is 4.87. The van der Waals surface area contributed by atoms with Crippen LogP contribution < -0.4 is 9.47 Å². The summed E-state index contributed by atoms with van der Waals surface area (Å²) in [7, 11) is 1.68. The van der Waals surface area contributed by atoms with E-state index in [1.807, 2.05) is 43.3 Å². The van der Waals surface area contributed by atoms with Crippen molar-refractivity contribution in [3.63, 3.8) is 0 Å². The molecular weight excluding hydrogens is 376 g/mol. The van der Waals surface area contributed by atoms with E-state index in [4.69, 9.17) is 19.2 Å². The molecule has 0 N–H and O–H groups in total. The van der Waals surface area contributed by atoms with Crippen LogP contribution in [0.1, 0.15) is 50.1 Å². The van der Waals surface area contributed by atoms with Crippen molar-refractivity contribution in [3.8, 4) is 11.5 Å². The van der Waals surface area contributed by atoms with Crippen LogP contribution in [0.3, 0.4) is 0 Å². The summed E-state index contributed by atoms with van der Waals surface area (Å²) >= 11 is 0. The van der Waals surface area contributed by atoms with Crippen molar-refractivity contribution in [2.75, 3.05) is 20.3 Å². The molecule has 0 saturated carbocycles. The molecule has 5 heteroatoms. The monoisotopic (exact) mass is 406 g/mol. The zero-order valence-electron chi connectivity index (χ0n) is 17.8.